The Morgan fingerprint density at radius 2 is 1.83 bits per heavy atom. The molecule has 10 heteroatoms. The molecule has 2 aromatic carbocycles. The predicted octanol–water partition coefficient (Wildman–Crippen LogP) is 6.72. The summed E-state index contributed by atoms with van der Waals surface area (Å²) in [5.74, 6) is 0.139. The summed E-state index contributed by atoms with van der Waals surface area (Å²) >= 11 is 19.3. The third-order valence-corrected chi connectivity index (χ3v) is 6.38. The van der Waals surface area contributed by atoms with Crippen LogP contribution in [0.25, 0.3) is 22.4 Å². The Balaban J connectivity index is 1.62. The van der Waals surface area contributed by atoms with Gasteiger partial charge in [-0.1, -0.05) is 40.9 Å². The van der Waals surface area contributed by atoms with E-state index in [4.69, 9.17) is 44.0 Å². The van der Waals surface area contributed by atoms with Crippen LogP contribution in [0.15, 0.2) is 65.3 Å². The normalized spacial score (nSPS) is 11.2. The summed E-state index contributed by atoms with van der Waals surface area (Å²) in [4.78, 5) is 17.6. The number of carbonyl (C=O) groups excluding carboxylic acids is 1. The molecule has 0 N–H and O–H groups in total. The van der Waals surface area contributed by atoms with E-state index in [9.17, 15) is 4.79 Å². The number of rotatable bonds is 7. The number of ketones is 1. The number of fused-ring (bicyclic) bond motifs is 1. The largest absolute Gasteiger partial charge is 0.494 e. The zero-order valence-electron chi connectivity index (χ0n) is 18.3. The van der Waals surface area contributed by atoms with Crippen molar-refractivity contribution < 1.29 is 13.9 Å². The molecule has 0 amide bonds. The molecule has 0 spiro atoms. The molecule has 0 bridgehead atoms. The van der Waals surface area contributed by atoms with Crippen LogP contribution in [0.1, 0.15) is 28.7 Å². The second-order valence-corrected chi connectivity index (χ2v) is 8.78. The number of pyridine rings is 1. The Morgan fingerprint density at radius 3 is 2.57 bits per heavy atom. The SMILES string of the molecule is CCOc1ccc2c(c1)c(C(=O)c1nnc(-c3ccncc3)o1)c(Cl)n2Cc1ccc(Cl)cc1Cl. The number of halogens is 3. The van der Waals surface area contributed by atoms with E-state index < -0.39 is 5.78 Å². The average molecular weight is 528 g/mol. The molecule has 3 heterocycles. The fourth-order valence-electron chi connectivity index (χ4n) is 3.78. The molecular formula is C25H17Cl3N4O3. The van der Waals surface area contributed by atoms with Gasteiger partial charge >= 0.3 is 0 Å². The highest BCUT2D eigenvalue weighted by Gasteiger charge is 2.27. The maximum atomic E-state index is 13.6. The van der Waals surface area contributed by atoms with Crippen LogP contribution in [-0.2, 0) is 6.54 Å². The first-order chi connectivity index (χ1) is 17.0. The maximum absolute atomic E-state index is 13.6. The van der Waals surface area contributed by atoms with E-state index in [0.717, 1.165) is 11.1 Å². The smallest absolute Gasteiger partial charge is 0.289 e. The van der Waals surface area contributed by atoms with Crippen molar-refractivity contribution in [3.63, 3.8) is 0 Å². The molecule has 0 unspecified atom stereocenters. The number of aromatic nitrogens is 4. The van der Waals surface area contributed by atoms with E-state index in [0.29, 0.717) is 39.9 Å². The van der Waals surface area contributed by atoms with E-state index in [1.807, 2.05) is 25.1 Å². The third-order valence-electron chi connectivity index (χ3n) is 5.40. The van der Waals surface area contributed by atoms with Crippen molar-refractivity contribution in [2.24, 2.45) is 0 Å². The zero-order chi connectivity index (χ0) is 24.5. The first kappa shape index (κ1) is 23.4. The van der Waals surface area contributed by atoms with Crippen LogP contribution in [0.5, 0.6) is 5.75 Å². The summed E-state index contributed by atoms with van der Waals surface area (Å²) in [6.07, 6.45) is 3.20. The first-order valence-electron chi connectivity index (χ1n) is 10.6. The second kappa shape index (κ2) is 9.70. The van der Waals surface area contributed by atoms with Gasteiger partial charge in [0.05, 0.1) is 24.2 Å². The first-order valence-corrected chi connectivity index (χ1v) is 11.8. The molecule has 7 nitrogen and oxygen atoms in total. The summed E-state index contributed by atoms with van der Waals surface area (Å²) in [6, 6.07) is 14.1. The fraction of sp³-hybridized carbons (Fsp3) is 0.120. The lowest BCUT2D eigenvalue weighted by molar-refractivity contribution is 0.100. The summed E-state index contributed by atoms with van der Waals surface area (Å²) in [7, 11) is 0. The van der Waals surface area contributed by atoms with Crippen LogP contribution in [0.2, 0.25) is 15.2 Å². The van der Waals surface area contributed by atoms with Gasteiger partial charge in [-0.25, -0.2) is 0 Å². The van der Waals surface area contributed by atoms with Crippen LogP contribution in [0, 0.1) is 0 Å². The lowest BCUT2D eigenvalue weighted by Crippen LogP contribution is -2.04. The lowest BCUT2D eigenvalue weighted by Gasteiger charge is -2.10. The summed E-state index contributed by atoms with van der Waals surface area (Å²) in [5, 5.41) is 9.82. The predicted molar refractivity (Wildman–Crippen MR) is 135 cm³/mol. The minimum absolute atomic E-state index is 0.177. The van der Waals surface area contributed by atoms with Crippen molar-refractivity contribution in [1.29, 1.82) is 0 Å². The van der Waals surface area contributed by atoms with Crippen LogP contribution in [0.3, 0.4) is 0 Å². The lowest BCUT2D eigenvalue weighted by atomic mass is 10.1. The third kappa shape index (κ3) is 4.50. The van der Waals surface area contributed by atoms with Crippen molar-refractivity contribution >= 4 is 51.5 Å². The Morgan fingerprint density at radius 1 is 1.03 bits per heavy atom. The molecule has 0 saturated heterocycles. The Hall–Kier alpha value is -3.39. The van der Waals surface area contributed by atoms with Crippen molar-refractivity contribution in [2.45, 2.75) is 13.5 Å². The molecule has 0 aliphatic heterocycles. The highest BCUT2D eigenvalue weighted by Crippen LogP contribution is 2.36. The number of hydrogen-bond acceptors (Lipinski definition) is 6. The highest BCUT2D eigenvalue weighted by molar-refractivity contribution is 6.37. The molecule has 0 radical (unpaired) electrons. The van der Waals surface area contributed by atoms with E-state index in [1.54, 1.807) is 47.3 Å². The van der Waals surface area contributed by atoms with Gasteiger partial charge in [-0.3, -0.25) is 9.78 Å². The number of benzene rings is 2. The van der Waals surface area contributed by atoms with Gasteiger partial charge in [0.1, 0.15) is 10.9 Å². The van der Waals surface area contributed by atoms with Gasteiger partial charge in [-0.15, -0.1) is 10.2 Å². The van der Waals surface area contributed by atoms with Gasteiger partial charge in [0.15, 0.2) is 0 Å². The van der Waals surface area contributed by atoms with Crippen LogP contribution in [-0.4, -0.2) is 32.1 Å². The van der Waals surface area contributed by atoms with Gasteiger partial charge < -0.3 is 13.7 Å². The van der Waals surface area contributed by atoms with E-state index >= 15 is 0 Å². The molecule has 0 fully saturated rings. The van der Waals surface area contributed by atoms with Crippen molar-refractivity contribution in [2.75, 3.05) is 6.61 Å². The average Bonchev–Trinajstić information content (AvgIpc) is 3.45. The maximum Gasteiger partial charge on any atom is 0.289 e. The topological polar surface area (TPSA) is 83.0 Å². The Bertz CT molecular complexity index is 1550. The summed E-state index contributed by atoms with van der Waals surface area (Å²) in [6.45, 7) is 2.68. The second-order valence-electron chi connectivity index (χ2n) is 7.58. The standard InChI is InChI=1S/C25H17Cl3N4O3/c1-2-34-17-5-6-20-18(12-17)21(23(28)32(20)13-15-3-4-16(26)11-19(15)27)22(33)25-31-30-24(35-25)14-7-9-29-10-8-14/h3-12H,2,13H2,1H3. The number of nitrogens with zero attached hydrogens (tertiary/aromatic N) is 4. The van der Waals surface area contributed by atoms with Gasteiger partial charge in [-0.05, 0) is 55.0 Å². The van der Waals surface area contributed by atoms with Crippen molar-refractivity contribution in [1.82, 2.24) is 19.7 Å². The van der Waals surface area contributed by atoms with Gasteiger partial charge in [0, 0.05) is 33.4 Å². The quantitative estimate of drug-likeness (QED) is 0.218. The molecule has 5 rings (SSSR count). The molecule has 35 heavy (non-hydrogen) atoms. The van der Waals surface area contributed by atoms with Crippen molar-refractivity contribution in [3.8, 4) is 17.2 Å². The molecule has 5 aromatic rings. The van der Waals surface area contributed by atoms with Crippen LogP contribution >= 0.6 is 34.8 Å². The molecule has 0 atom stereocenters. The minimum Gasteiger partial charge on any atom is -0.494 e. The van der Waals surface area contributed by atoms with E-state index in [1.165, 1.54) is 0 Å². The van der Waals surface area contributed by atoms with Gasteiger partial charge in [0.25, 0.3) is 11.7 Å². The van der Waals surface area contributed by atoms with Crippen LogP contribution < -0.4 is 4.74 Å². The zero-order valence-corrected chi connectivity index (χ0v) is 20.6. The molecule has 0 aliphatic rings. The molecular weight excluding hydrogens is 511 g/mol. The molecule has 3 aromatic heterocycles. The summed E-state index contributed by atoms with van der Waals surface area (Å²) in [5.41, 5.74) is 2.40. The van der Waals surface area contributed by atoms with Gasteiger partial charge in [0.2, 0.25) is 5.89 Å². The molecule has 0 saturated carbocycles. The Labute approximate surface area is 215 Å². The molecule has 0 aliphatic carbocycles. The summed E-state index contributed by atoms with van der Waals surface area (Å²) < 4.78 is 13.2. The monoisotopic (exact) mass is 526 g/mol. The Kier molecular flexibility index (Phi) is 6.47. The fourth-order valence-corrected chi connectivity index (χ4v) is 4.59. The van der Waals surface area contributed by atoms with Crippen molar-refractivity contribution in [3.05, 3.63) is 93.1 Å². The number of ether oxygens (including phenoxy) is 1. The number of carbonyl (C=O) groups is 1. The van der Waals surface area contributed by atoms with Gasteiger partial charge in [-0.2, -0.15) is 0 Å². The van der Waals surface area contributed by atoms with E-state index in [2.05, 4.69) is 15.2 Å². The number of hydrogen-bond donors (Lipinski definition) is 0. The minimum atomic E-state index is -0.498. The highest BCUT2D eigenvalue weighted by atomic mass is 35.5. The molecule has 176 valence electrons. The van der Waals surface area contributed by atoms with Crippen LogP contribution in [0.4, 0.5) is 0 Å². The van der Waals surface area contributed by atoms with E-state index in [-0.39, 0.29) is 22.5 Å².